The Morgan fingerprint density at radius 1 is 1.44 bits per heavy atom. The standard InChI is InChI=1S/C14H27NO2S/c1-3-9-15-13(12-6-4-5-7-12)11-18-10-8-14(16)17-2/h12-13,15H,3-11H2,1-2H3. The molecule has 3 nitrogen and oxygen atoms in total. The molecule has 0 aromatic rings. The fourth-order valence-electron chi connectivity index (χ4n) is 2.52. The van der Waals surface area contributed by atoms with Crippen LogP contribution in [0.3, 0.4) is 0 Å². The maximum Gasteiger partial charge on any atom is 0.306 e. The Hall–Kier alpha value is -0.220. The Morgan fingerprint density at radius 2 is 2.17 bits per heavy atom. The summed E-state index contributed by atoms with van der Waals surface area (Å²) in [4.78, 5) is 11.0. The second-order valence-electron chi connectivity index (χ2n) is 5.01. The van der Waals surface area contributed by atoms with Gasteiger partial charge in [-0.15, -0.1) is 0 Å². The fraction of sp³-hybridized carbons (Fsp3) is 0.929. The molecule has 0 amide bonds. The number of nitrogens with one attached hydrogen (secondary N) is 1. The minimum Gasteiger partial charge on any atom is -0.469 e. The minimum absolute atomic E-state index is 0.0959. The molecule has 0 aromatic heterocycles. The molecule has 1 rings (SSSR count). The SMILES string of the molecule is CCCNC(CSCCC(=O)OC)C1CCCC1. The Kier molecular flexibility index (Phi) is 8.51. The molecular formula is C14H27NO2S. The van der Waals surface area contributed by atoms with E-state index in [-0.39, 0.29) is 5.97 Å². The first-order chi connectivity index (χ1) is 8.77. The highest BCUT2D eigenvalue weighted by Crippen LogP contribution is 2.29. The van der Waals surface area contributed by atoms with Crippen molar-refractivity contribution in [2.75, 3.05) is 25.2 Å². The monoisotopic (exact) mass is 273 g/mol. The number of thioether (sulfide) groups is 1. The lowest BCUT2D eigenvalue weighted by molar-refractivity contribution is -0.140. The molecule has 18 heavy (non-hydrogen) atoms. The topological polar surface area (TPSA) is 38.3 Å². The molecule has 1 N–H and O–H groups in total. The van der Waals surface area contributed by atoms with Gasteiger partial charge in [0.1, 0.15) is 0 Å². The molecule has 1 atom stereocenters. The van der Waals surface area contributed by atoms with Crippen molar-refractivity contribution in [3.8, 4) is 0 Å². The molecule has 0 bridgehead atoms. The third-order valence-corrected chi connectivity index (χ3v) is 4.69. The summed E-state index contributed by atoms with van der Waals surface area (Å²) >= 11 is 1.88. The van der Waals surface area contributed by atoms with Crippen LogP contribution in [0.1, 0.15) is 45.4 Å². The van der Waals surface area contributed by atoms with Crippen LogP contribution in [-0.4, -0.2) is 37.2 Å². The van der Waals surface area contributed by atoms with Crippen LogP contribution >= 0.6 is 11.8 Å². The van der Waals surface area contributed by atoms with E-state index in [4.69, 9.17) is 0 Å². The molecule has 0 aromatic carbocycles. The molecule has 0 aliphatic heterocycles. The Bertz CT molecular complexity index is 230. The first-order valence-electron chi connectivity index (χ1n) is 7.15. The van der Waals surface area contributed by atoms with Crippen molar-refractivity contribution in [2.24, 2.45) is 5.92 Å². The van der Waals surface area contributed by atoms with E-state index >= 15 is 0 Å². The van der Waals surface area contributed by atoms with E-state index in [0.29, 0.717) is 12.5 Å². The fourth-order valence-corrected chi connectivity index (χ4v) is 3.64. The summed E-state index contributed by atoms with van der Waals surface area (Å²) in [6, 6.07) is 0.634. The van der Waals surface area contributed by atoms with Crippen LogP contribution in [0.4, 0.5) is 0 Å². The average Bonchev–Trinajstić information content (AvgIpc) is 2.91. The van der Waals surface area contributed by atoms with Crippen LogP contribution in [-0.2, 0) is 9.53 Å². The molecule has 106 valence electrons. The van der Waals surface area contributed by atoms with Crippen molar-refractivity contribution in [2.45, 2.75) is 51.5 Å². The van der Waals surface area contributed by atoms with E-state index < -0.39 is 0 Å². The number of ether oxygens (including phenoxy) is 1. The van der Waals surface area contributed by atoms with Crippen molar-refractivity contribution in [3.05, 3.63) is 0 Å². The van der Waals surface area contributed by atoms with Gasteiger partial charge in [-0.2, -0.15) is 11.8 Å². The molecule has 0 saturated heterocycles. The number of hydrogen-bond acceptors (Lipinski definition) is 4. The highest BCUT2D eigenvalue weighted by molar-refractivity contribution is 7.99. The quantitative estimate of drug-likeness (QED) is 0.518. The third-order valence-electron chi connectivity index (χ3n) is 3.60. The molecule has 1 fully saturated rings. The smallest absolute Gasteiger partial charge is 0.306 e. The predicted molar refractivity (Wildman–Crippen MR) is 78.0 cm³/mol. The van der Waals surface area contributed by atoms with E-state index in [0.717, 1.165) is 24.0 Å². The second kappa shape index (κ2) is 9.68. The number of hydrogen-bond donors (Lipinski definition) is 1. The van der Waals surface area contributed by atoms with Gasteiger partial charge >= 0.3 is 5.97 Å². The summed E-state index contributed by atoms with van der Waals surface area (Å²) in [6.45, 7) is 3.32. The van der Waals surface area contributed by atoms with E-state index in [9.17, 15) is 4.79 Å². The van der Waals surface area contributed by atoms with E-state index in [1.54, 1.807) is 0 Å². The normalized spacial score (nSPS) is 17.9. The van der Waals surface area contributed by atoms with E-state index in [1.165, 1.54) is 39.2 Å². The number of carbonyl (C=O) groups is 1. The van der Waals surface area contributed by atoms with Gasteiger partial charge in [0.25, 0.3) is 0 Å². The lowest BCUT2D eigenvalue weighted by Crippen LogP contribution is -2.38. The van der Waals surface area contributed by atoms with E-state index in [2.05, 4.69) is 17.0 Å². The Labute approximate surface area is 115 Å². The first-order valence-corrected chi connectivity index (χ1v) is 8.31. The number of rotatable bonds is 9. The zero-order chi connectivity index (χ0) is 13.2. The van der Waals surface area contributed by atoms with Crippen molar-refractivity contribution in [1.29, 1.82) is 0 Å². The second-order valence-corrected chi connectivity index (χ2v) is 6.16. The van der Waals surface area contributed by atoms with Gasteiger partial charge in [0.05, 0.1) is 13.5 Å². The van der Waals surface area contributed by atoms with Crippen molar-refractivity contribution < 1.29 is 9.53 Å². The molecule has 1 aliphatic carbocycles. The summed E-state index contributed by atoms with van der Waals surface area (Å²) in [5.74, 6) is 2.76. The van der Waals surface area contributed by atoms with Gasteiger partial charge in [0, 0.05) is 17.5 Å². The summed E-state index contributed by atoms with van der Waals surface area (Å²) in [7, 11) is 1.46. The van der Waals surface area contributed by atoms with Crippen LogP contribution < -0.4 is 5.32 Å². The molecule has 0 spiro atoms. The first kappa shape index (κ1) is 15.8. The van der Waals surface area contributed by atoms with E-state index in [1.807, 2.05) is 11.8 Å². The average molecular weight is 273 g/mol. The van der Waals surface area contributed by atoms with Crippen LogP contribution in [0.2, 0.25) is 0 Å². The summed E-state index contributed by atoms with van der Waals surface area (Å²) in [6.07, 6.45) is 7.25. The molecule has 0 radical (unpaired) electrons. The van der Waals surface area contributed by atoms with Gasteiger partial charge in [0.15, 0.2) is 0 Å². The third kappa shape index (κ3) is 6.10. The van der Waals surface area contributed by atoms with Gasteiger partial charge in [-0.1, -0.05) is 19.8 Å². The molecule has 1 saturated carbocycles. The van der Waals surface area contributed by atoms with Crippen molar-refractivity contribution >= 4 is 17.7 Å². The molecular weight excluding hydrogens is 246 g/mol. The number of esters is 1. The van der Waals surface area contributed by atoms with Gasteiger partial charge in [-0.25, -0.2) is 0 Å². The number of carbonyl (C=O) groups excluding carboxylic acids is 1. The molecule has 1 aliphatic rings. The zero-order valence-electron chi connectivity index (χ0n) is 11.7. The summed E-state index contributed by atoms with van der Waals surface area (Å²) in [5.41, 5.74) is 0. The van der Waals surface area contributed by atoms with Crippen LogP contribution in [0.15, 0.2) is 0 Å². The molecule has 4 heteroatoms. The lowest BCUT2D eigenvalue weighted by Gasteiger charge is -2.24. The maximum atomic E-state index is 11.0. The zero-order valence-corrected chi connectivity index (χ0v) is 12.6. The lowest BCUT2D eigenvalue weighted by atomic mass is 10.00. The van der Waals surface area contributed by atoms with Crippen molar-refractivity contribution in [3.63, 3.8) is 0 Å². The minimum atomic E-state index is -0.0959. The molecule has 0 heterocycles. The summed E-state index contributed by atoms with van der Waals surface area (Å²) < 4.78 is 4.65. The largest absolute Gasteiger partial charge is 0.469 e. The van der Waals surface area contributed by atoms with Crippen molar-refractivity contribution in [1.82, 2.24) is 5.32 Å². The van der Waals surface area contributed by atoms with Crippen LogP contribution in [0.5, 0.6) is 0 Å². The van der Waals surface area contributed by atoms with Gasteiger partial charge in [-0.3, -0.25) is 4.79 Å². The van der Waals surface area contributed by atoms with Crippen LogP contribution in [0, 0.1) is 5.92 Å². The Morgan fingerprint density at radius 3 is 2.78 bits per heavy atom. The summed E-state index contributed by atoms with van der Waals surface area (Å²) in [5, 5.41) is 3.68. The van der Waals surface area contributed by atoms with Gasteiger partial charge in [0.2, 0.25) is 0 Å². The predicted octanol–water partition coefficient (Wildman–Crippen LogP) is 2.84. The highest BCUT2D eigenvalue weighted by Gasteiger charge is 2.24. The van der Waals surface area contributed by atoms with Gasteiger partial charge < -0.3 is 10.1 Å². The highest BCUT2D eigenvalue weighted by atomic mass is 32.2. The van der Waals surface area contributed by atoms with Gasteiger partial charge in [-0.05, 0) is 31.7 Å². The molecule has 1 unspecified atom stereocenters. The van der Waals surface area contributed by atoms with Crippen LogP contribution in [0.25, 0.3) is 0 Å². The Balaban J connectivity index is 2.20. The number of methoxy groups -OCH3 is 1. The maximum absolute atomic E-state index is 11.0.